The number of sulfonamides is 1. The standard InChI is InChI=1S/C18H20FNO4S/c19-15-6-1-2-7-16(15)25(22,23)20-11-13-5-3-9-18(21,14(13)12-20)17-8-4-10-24-17/h1-2,4,6-8,10,13-14,21H,3,5,9,11-12H2/t13-,14+,18-/m0/s1. The molecule has 25 heavy (non-hydrogen) atoms. The SMILES string of the molecule is O=S(=O)(c1ccccc1F)N1C[C@@H]2CCC[C@@](O)(c3ccco3)[C@@H]2C1. The molecule has 2 heterocycles. The minimum atomic E-state index is -3.93. The Morgan fingerprint density at radius 2 is 2.00 bits per heavy atom. The molecule has 4 rings (SSSR count). The van der Waals surface area contributed by atoms with Gasteiger partial charge in [-0.15, -0.1) is 0 Å². The van der Waals surface area contributed by atoms with E-state index in [4.69, 9.17) is 4.42 Å². The summed E-state index contributed by atoms with van der Waals surface area (Å²) in [5.74, 6) is -0.495. The molecular formula is C18H20FNO4S. The van der Waals surface area contributed by atoms with Crippen molar-refractivity contribution in [1.82, 2.24) is 4.31 Å². The van der Waals surface area contributed by atoms with Crippen molar-refractivity contribution in [3.63, 3.8) is 0 Å². The lowest BCUT2D eigenvalue weighted by Crippen LogP contribution is -2.42. The van der Waals surface area contributed by atoms with Gasteiger partial charge < -0.3 is 9.52 Å². The molecule has 0 amide bonds. The quantitative estimate of drug-likeness (QED) is 0.908. The molecule has 134 valence electrons. The highest BCUT2D eigenvalue weighted by Crippen LogP contribution is 2.49. The van der Waals surface area contributed by atoms with Crippen molar-refractivity contribution in [2.24, 2.45) is 11.8 Å². The van der Waals surface area contributed by atoms with Gasteiger partial charge in [0.05, 0.1) is 6.26 Å². The molecule has 0 bridgehead atoms. The number of hydrogen-bond acceptors (Lipinski definition) is 4. The van der Waals surface area contributed by atoms with Crippen LogP contribution in [0.15, 0.2) is 52.0 Å². The van der Waals surface area contributed by atoms with Crippen LogP contribution in [-0.4, -0.2) is 30.9 Å². The Morgan fingerprint density at radius 1 is 1.20 bits per heavy atom. The number of hydrogen-bond donors (Lipinski definition) is 1. The third-order valence-electron chi connectivity index (χ3n) is 5.56. The zero-order valence-corrected chi connectivity index (χ0v) is 14.5. The van der Waals surface area contributed by atoms with E-state index in [1.165, 1.54) is 28.8 Å². The van der Waals surface area contributed by atoms with Gasteiger partial charge in [-0.05, 0) is 49.4 Å². The van der Waals surface area contributed by atoms with Crippen LogP contribution in [0.2, 0.25) is 0 Å². The Morgan fingerprint density at radius 3 is 2.72 bits per heavy atom. The molecule has 1 aromatic carbocycles. The molecule has 7 heteroatoms. The van der Waals surface area contributed by atoms with E-state index in [0.717, 1.165) is 18.9 Å². The molecule has 1 aromatic heterocycles. The van der Waals surface area contributed by atoms with Crippen molar-refractivity contribution in [2.45, 2.75) is 29.8 Å². The molecule has 3 atom stereocenters. The van der Waals surface area contributed by atoms with Crippen LogP contribution in [0.25, 0.3) is 0 Å². The Kier molecular flexibility index (Phi) is 3.97. The number of nitrogens with zero attached hydrogens (tertiary/aromatic N) is 1. The minimum absolute atomic E-state index is 0.0328. The number of furan rings is 1. The highest BCUT2D eigenvalue weighted by atomic mass is 32.2. The number of aliphatic hydroxyl groups is 1. The molecule has 0 unspecified atom stereocenters. The van der Waals surface area contributed by atoms with Crippen LogP contribution in [0.1, 0.15) is 25.0 Å². The number of benzene rings is 1. The summed E-state index contributed by atoms with van der Waals surface area (Å²) in [7, 11) is -3.93. The first-order valence-electron chi connectivity index (χ1n) is 8.44. The molecule has 1 aliphatic heterocycles. The van der Waals surface area contributed by atoms with E-state index in [1.54, 1.807) is 12.1 Å². The molecule has 2 aromatic rings. The molecule has 2 aliphatic rings. The lowest BCUT2D eigenvalue weighted by Gasteiger charge is -2.39. The van der Waals surface area contributed by atoms with Gasteiger partial charge >= 0.3 is 0 Å². The number of halogens is 1. The van der Waals surface area contributed by atoms with Gasteiger partial charge in [-0.25, -0.2) is 12.8 Å². The number of rotatable bonds is 3. The van der Waals surface area contributed by atoms with E-state index >= 15 is 0 Å². The fourth-order valence-electron chi connectivity index (χ4n) is 4.30. The summed E-state index contributed by atoms with van der Waals surface area (Å²) < 4.78 is 46.5. The molecule has 0 spiro atoms. The maximum Gasteiger partial charge on any atom is 0.246 e. The molecule has 1 aliphatic carbocycles. The van der Waals surface area contributed by atoms with E-state index in [2.05, 4.69) is 0 Å². The topological polar surface area (TPSA) is 70.8 Å². The smallest absolute Gasteiger partial charge is 0.246 e. The summed E-state index contributed by atoms with van der Waals surface area (Å²) in [5.41, 5.74) is -1.17. The molecule has 5 nitrogen and oxygen atoms in total. The van der Waals surface area contributed by atoms with Gasteiger partial charge in [0.25, 0.3) is 0 Å². The molecule has 1 saturated heterocycles. The summed E-state index contributed by atoms with van der Waals surface area (Å²) in [6.07, 6.45) is 3.69. The minimum Gasteiger partial charge on any atom is -0.466 e. The Balaban J connectivity index is 1.67. The lowest BCUT2D eigenvalue weighted by molar-refractivity contribution is -0.0795. The highest BCUT2D eigenvalue weighted by Gasteiger charge is 2.53. The van der Waals surface area contributed by atoms with Crippen molar-refractivity contribution in [3.8, 4) is 0 Å². The fourth-order valence-corrected chi connectivity index (χ4v) is 5.89. The van der Waals surface area contributed by atoms with Crippen LogP contribution >= 0.6 is 0 Å². The molecule has 0 radical (unpaired) electrons. The van der Waals surface area contributed by atoms with E-state index < -0.39 is 21.4 Å². The third kappa shape index (κ3) is 2.61. The second-order valence-electron chi connectivity index (χ2n) is 6.91. The van der Waals surface area contributed by atoms with Gasteiger partial charge in [-0.2, -0.15) is 4.31 Å². The maximum absolute atomic E-state index is 14.0. The average Bonchev–Trinajstić information content (AvgIpc) is 3.26. The molecular weight excluding hydrogens is 345 g/mol. The van der Waals surface area contributed by atoms with Crippen molar-refractivity contribution in [1.29, 1.82) is 0 Å². The number of fused-ring (bicyclic) bond motifs is 1. The van der Waals surface area contributed by atoms with Crippen molar-refractivity contribution in [3.05, 3.63) is 54.2 Å². The van der Waals surface area contributed by atoms with E-state index in [1.807, 2.05) is 0 Å². The van der Waals surface area contributed by atoms with Crippen LogP contribution < -0.4 is 0 Å². The average molecular weight is 365 g/mol. The van der Waals surface area contributed by atoms with Crippen LogP contribution in [0.3, 0.4) is 0 Å². The Labute approximate surface area is 146 Å². The monoisotopic (exact) mass is 365 g/mol. The Bertz CT molecular complexity index is 867. The summed E-state index contributed by atoms with van der Waals surface area (Å²) in [6.45, 7) is 0.461. The normalized spacial score (nSPS) is 30.3. The highest BCUT2D eigenvalue weighted by molar-refractivity contribution is 7.89. The van der Waals surface area contributed by atoms with E-state index in [-0.39, 0.29) is 23.3 Å². The van der Waals surface area contributed by atoms with Crippen molar-refractivity contribution < 1.29 is 22.3 Å². The van der Waals surface area contributed by atoms with Gasteiger partial charge in [0.2, 0.25) is 10.0 Å². The second-order valence-corrected chi connectivity index (χ2v) is 8.82. The first kappa shape index (κ1) is 16.8. The summed E-state index contributed by atoms with van der Waals surface area (Å²) >= 11 is 0. The Hall–Kier alpha value is -1.70. The molecule has 1 saturated carbocycles. The van der Waals surface area contributed by atoms with Crippen LogP contribution in [0.4, 0.5) is 4.39 Å². The first-order valence-corrected chi connectivity index (χ1v) is 9.88. The maximum atomic E-state index is 14.0. The second kappa shape index (κ2) is 5.93. The molecule has 2 fully saturated rings. The third-order valence-corrected chi connectivity index (χ3v) is 7.42. The van der Waals surface area contributed by atoms with Gasteiger partial charge in [-0.3, -0.25) is 0 Å². The first-order chi connectivity index (χ1) is 11.9. The van der Waals surface area contributed by atoms with Crippen molar-refractivity contribution in [2.75, 3.05) is 13.1 Å². The largest absolute Gasteiger partial charge is 0.466 e. The summed E-state index contributed by atoms with van der Waals surface area (Å²) in [5, 5.41) is 11.2. The van der Waals surface area contributed by atoms with Crippen molar-refractivity contribution >= 4 is 10.0 Å². The lowest BCUT2D eigenvalue weighted by atomic mass is 9.69. The van der Waals surface area contributed by atoms with E-state index in [0.29, 0.717) is 18.7 Å². The molecule has 1 N–H and O–H groups in total. The van der Waals surface area contributed by atoms with E-state index in [9.17, 15) is 17.9 Å². The van der Waals surface area contributed by atoms with Gasteiger partial charge in [0, 0.05) is 19.0 Å². The summed E-state index contributed by atoms with van der Waals surface area (Å²) in [6, 6.07) is 8.86. The predicted molar refractivity (Wildman–Crippen MR) is 88.6 cm³/mol. The van der Waals surface area contributed by atoms with Crippen LogP contribution in [0.5, 0.6) is 0 Å². The predicted octanol–water partition coefficient (Wildman–Crippen LogP) is 2.73. The van der Waals surface area contributed by atoms with Gasteiger partial charge in [0.15, 0.2) is 0 Å². The van der Waals surface area contributed by atoms with Crippen LogP contribution in [0, 0.1) is 17.7 Å². The zero-order valence-electron chi connectivity index (χ0n) is 13.6. The zero-order chi connectivity index (χ0) is 17.7. The van der Waals surface area contributed by atoms with Gasteiger partial charge in [-0.1, -0.05) is 12.1 Å². The van der Waals surface area contributed by atoms with Gasteiger partial charge in [0.1, 0.15) is 22.1 Å². The fraction of sp³-hybridized carbons (Fsp3) is 0.444. The van der Waals surface area contributed by atoms with Crippen LogP contribution in [-0.2, 0) is 15.6 Å². The summed E-state index contributed by atoms with van der Waals surface area (Å²) in [4.78, 5) is -0.310.